The smallest absolute Gasteiger partial charge is 0.354 e. The van der Waals surface area contributed by atoms with E-state index in [0.29, 0.717) is 0 Å². The van der Waals surface area contributed by atoms with Gasteiger partial charge in [0.05, 0.1) is 19.9 Å². The van der Waals surface area contributed by atoms with Gasteiger partial charge in [-0.15, -0.1) is 0 Å². The summed E-state index contributed by atoms with van der Waals surface area (Å²) in [6.07, 6.45) is -0.839. The van der Waals surface area contributed by atoms with Gasteiger partial charge >= 0.3 is 5.69 Å². The lowest BCUT2D eigenvalue weighted by atomic mass is 10.2. The average molecular weight is 342 g/mol. The fourth-order valence-electron chi connectivity index (χ4n) is 2.54. The number of ether oxygens (including phenoxy) is 1. The summed E-state index contributed by atoms with van der Waals surface area (Å²) in [4.78, 5) is 19.2. The number of aromatic nitrogens is 3. The monoisotopic (exact) mass is 342 g/mol. The van der Waals surface area contributed by atoms with Crippen molar-refractivity contribution < 1.29 is 14.9 Å². The van der Waals surface area contributed by atoms with E-state index in [4.69, 9.17) is 10.5 Å². The van der Waals surface area contributed by atoms with Crippen LogP contribution in [0.4, 0.5) is 5.95 Å². The minimum Gasteiger partial charge on any atom is -0.394 e. The summed E-state index contributed by atoms with van der Waals surface area (Å²) in [7, 11) is -2.14. The number of nitrogens with zero attached hydrogens (tertiary/aromatic N) is 3. The molecule has 4 atom stereocenters. The lowest BCUT2D eigenvalue weighted by Crippen LogP contribution is -2.57. The van der Waals surface area contributed by atoms with Crippen LogP contribution in [0.15, 0.2) is 11.1 Å². The molecular formula is C14H26N4O4Si. The Hall–Kier alpha value is -1.29. The normalized spacial score (nSPS) is 27.2. The van der Waals surface area contributed by atoms with Gasteiger partial charge in [-0.1, -0.05) is 33.9 Å². The molecule has 1 aromatic heterocycles. The van der Waals surface area contributed by atoms with E-state index in [1.165, 1.54) is 10.9 Å². The molecule has 8 nitrogen and oxygen atoms in total. The van der Waals surface area contributed by atoms with Crippen molar-refractivity contribution in [3.8, 4) is 0 Å². The maximum atomic E-state index is 11.9. The molecule has 0 amide bonds. The molecule has 1 unspecified atom stereocenters. The second-order valence-electron chi connectivity index (χ2n) is 7.68. The Morgan fingerprint density at radius 2 is 2.09 bits per heavy atom. The zero-order chi connectivity index (χ0) is 17.6. The standard InChI is InChI=1S/C14H26N4O4Si/c1-14(2,3)23(4,5)11(20)10-8(19)6-9(22-10)18-7-16-12(15)17-13(18)21/h7-11,19-20H,6H2,1-5H3,(H2,15,17,21)/t8-,9+,10-,11?/m0/s1. The van der Waals surface area contributed by atoms with Gasteiger partial charge < -0.3 is 20.7 Å². The lowest BCUT2D eigenvalue weighted by molar-refractivity contribution is -0.0630. The average Bonchev–Trinajstić information content (AvgIpc) is 2.78. The third-order valence-corrected chi connectivity index (χ3v) is 10.8. The van der Waals surface area contributed by atoms with Crippen molar-refractivity contribution in [2.45, 2.75) is 69.5 Å². The van der Waals surface area contributed by atoms with E-state index >= 15 is 0 Å². The molecule has 2 heterocycles. The Balaban J connectivity index is 2.23. The zero-order valence-electron chi connectivity index (χ0n) is 14.2. The number of nitrogen functional groups attached to an aromatic ring is 1. The summed E-state index contributed by atoms with van der Waals surface area (Å²) in [6, 6.07) is 0. The van der Waals surface area contributed by atoms with E-state index < -0.39 is 37.9 Å². The largest absolute Gasteiger partial charge is 0.394 e. The van der Waals surface area contributed by atoms with Crippen molar-refractivity contribution in [3.05, 3.63) is 16.8 Å². The number of nitrogens with two attached hydrogens (primary N) is 1. The third kappa shape index (κ3) is 3.32. The fraction of sp³-hybridized carbons (Fsp3) is 0.786. The maximum absolute atomic E-state index is 11.9. The van der Waals surface area contributed by atoms with E-state index in [0.717, 1.165) is 0 Å². The summed E-state index contributed by atoms with van der Waals surface area (Å²) in [5.74, 6) is -0.109. The van der Waals surface area contributed by atoms with Crippen molar-refractivity contribution in [2.75, 3.05) is 5.73 Å². The van der Waals surface area contributed by atoms with Crippen LogP contribution >= 0.6 is 0 Å². The highest BCUT2D eigenvalue weighted by Crippen LogP contribution is 2.42. The second kappa shape index (κ2) is 5.97. The van der Waals surface area contributed by atoms with Crippen molar-refractivity contribution in [2.24, 2.45) is 0 Å². The van der Waals surface area contributed by atoms with Crippen molar-refractivity contribution in [1.29, 1.82) is 0 Å². The molecular weight excluding hydrogens is 316 g/mol. The number of aliphatic hydroxyl groups excluding tert-OH is 2. The summed E-state index contributed by atoms with van der Waals surface area (Å²) < 4.78 is 6.99. The van der Waals surface area contributed by atoms with E-state index in [1.54, 1.807) is 0 Å². The molecule has 130 valence electrons. The van der Waals surface area contributed by atoms with Crippen LogP contribution in [-0.2, 0) is 4.74 Å². The molecule has 1 saturated heterocycles. The van der Waals surface area contributed by atoms with Gasteiger partial charge in [0.1, 0.15) is 18.7 Å². The van der Waals surface area contributed by atoms with Crippen LogP contribution in [0.25, 0.3) is 0 Å². The van der Waals surface area contributed by atoms with Crippen LogP contribution in [-0.4, -0.2) is 50.8 Å². The first kappa shape index (κ1) is 18.1. The SMILES string of the molecule is CC(C)(C)[Si](C)(C)C(O)[C@H]1O[C@@H](n2cnc(N)nc2=O)C[C@@H]1O. The Morgan fingerprint density at radius 1 is 1.48 bits per heavy atom. The van der Waals surface area contributed by atoms with Crippen LogP contribution in [0.5, 0.6) is 0 Å². The van der Waals surface area contributed by atoms with Crippen LogP contribution in [0, 0.1) is 0 Å². The van der Waals surface area contributed by atoms with E-state index in [2.05, 4.69) is 43.8 Å². The van der Waals surface area contributed by atoms with Crippen LogP contribution in [0.1, 0.15) is 33.4 Å². The van der Waals surface area contributed by atoms with Crippen LogP contribution < -0.4 is 11.4 Å². The highest BCUT2D eigenvalue weighted by molar-refractivity contribution is 6.81. The molecule has 4 N–H and O–H groups in total. The Kier molecular flexibility index (Phi) is 4.68. The highest BCUT2D eigenvalue weighted by Gasteiger charge is 2.50. The molecule has 0 aromatic carbocycles. The molecule has 0 spiro atoms. The van der Waals surface area contributed by atoms with Crippen LogP contribution in [0.3, 0.4) is 0 Å². The Bertz CT molecular complexity index is 628. The molecule has 9 heteroatoms. The quantitative estimate of drug-likeness (QED) is 0.674. The number of anilines is 1. The number of rotatable bonds is 3. The van der Waals surface area contributed by atoms with E-state index in [9.17, 15) is 15.0 Å². The van der Waals surface area contributed by atoms with Crippen LogP contribution in [0.2, 0.25) is 18.1 Å². The Labute approximate surface area is 136 Å². The highest BCUT2D eigenvalue weighted by atomic mass is 28.3. The van der Waals surface area contributed by atoms with Crippen molar-refractivity contribution in [3.63, 3.8) is 0 Å². The van der Waals surface area contributed by atoms with Gasteiger partial charge in [-0.25, -0.2) is 9.78 Å². The van der Waals surface area contributed by atoms with E-state index in [-0.39, 0.29) is 17.4 Å². The predicted octanol–water partition coefficient (Wildman–Crippen LogP) is 0.278. The summed E-state index contributed by atoms with van der Waals surface area (Å²) in [5, 5.41) is 21.1. The van der Waals surface area contributed by atoms with Gasteiger partial charge in [0.25, 0.3) is 0 Å². The van der Waals surface area contributed by atoms with Gasteiger partial charge in [-0.2, -0.15) is 4.98 Å². The molecule has 2 rings (SSSR count). The first-order valence-corrected chi connectivity index (χ1v) is 10.7. The third-order valence-electron chi connectivity index (χ3n) is 5.18. The minimum absolute atomic E-state index is 0.0608. The molecule has 1 fully saturated rings. The minimum atomic E-state index is -2.14. The number of hydrogen-bond donors (Lipinski definition) is 3. The molecule has 0 saturated carbocycles. The topological polar surface area (TPSA) is 123 Å². The first-order chi connectivity index (χ1) is 10.4. The van der Waals surface area contributed by atoms with Gasteiger partial charge in [0.2, 0.25) is 5.95 Å². The summed E-state index contributed by atoms with van der Waals surface area (Å²) >= 11 is 0. The van der Waals surface area contributed by atoms with Crippen molar-refractivity contribution >= 4 is 14.0 Å². The number of aliphatic hydroxyl groups is 2. The van der Waals surface area contributed by atoms with Gasteiger partial charge in [-0.05, 0) is 5.04 Å². The van der Waals surface area contributed by atoms with Gasteiger partial charge in [0.15, 0.2) is 0 Å². The maximum Gasteiger partial charge on any atom is 0.354 e. The molecule has 0 bridgehead atoms. The van der Waals surface area contributed by atoms with Gasteiger partial charge in [0, 0.05) is 6.42 Å². The molecule has 1 aliphatic heterocycles. The molecule has 23 heavy (non-hydrogen) atoms. The fourth-order valence-corrected chi connectivity index (χ4v) is 4.55. The summed E-state index contributed by atoms with van der Waals surface area (Å²) in [5.41, 5.74) is 4.03. The lowest BCUT2D eigenvalue weighted by Gasteiger charge is -2.43. The second-order valence-corrected chi connectivity index (χ2v) is 13.2. The summed E-state index contributed by atoms with van der Waals surface area (Å²) in [6.45, 7) is 10.4. The molecule has 0 aliphatic carbocycles. The molecule has 1 aromatic rings. The first-order valence-electron chi connectivity index (χ1n) is 7.67. The predicted molar refractivity (Wildman–Crippen MR) is 88.4 cm³/mol. The molecule has 1 aliphatic rings. The zero-order valence-corrected chi connectivity index (χ0v) is 15.2. The van der Waals surface area contributed by atoms with Gasteiger partial charge in [-0.3, -0.25) is 4.57 Å². The van der Waals surface area contributed by atoms with Crippen molar-refractivity contribution in [1.82, 2.24) is 14.5 Å². The van der Waals surface area contributed by atoms with E-state index in [1.807, 2.05) is 0 Å². The Morgan fingerprint density at radius 3 is 2.61 bits per heavy atom. The number of hydrogen-bond acceptors (Lipinski definition) is 7. The molecule has 0 radical (unpaired) electrons.